The monoisotopic (exact) mass is 374 g/mol. The predicted octanol–water partition coefficient (Wildman–Crippen LogP) is 3.57. The van der Waals surface area contributed by atoms with Gasteiger partial charge in [0.1, 0.15) is 5.52 Å². The first-order valence-corrected chi connectivity index (χ1v) is 10.4. The van der Waals surface area contributed by atoms with Crippen LogP contribution < -0.4 is 5.56 Å². The summed E-state index contributed by atoms with van der Waals surface area (Å²) in [5.41, 5.74) is 3.50. The van der Waals surface area contributed by atoms with Crippen LogP contribution in [-0.2, 0) is 6.54 Å². The van der Waals surface area contributed by atoms with E-state index in [2.05, 4.69) is 33.0 Å². The molecule has 5 nitrogen and oxygen atoms in total. The zero-order valence-electron chi connectivity index (χ0n) is 16.6. The lowest BCUT2D eigenvalue weighted by atomic mass is 10.0. The van der Waals surface area contributed by atoms with Gasteiger partial charge in [-0.15, -0.1) is 0 Å². The van der Waals surface area contributed by atoms with Gasteiger partial charge < -0.3 is 4.57 Å². The summed E-state index contributed by atoms with van der Waals surface area (Å²) < 4.78 is 1.82. The number of aromatic nitrogens is 3. The molecule has 2 aliphatic heterocycles. The predicted molar refractivity (Wildman–Crippen MR) is 113 cm³/mol. The number of hydrogen-bond donors (Lipinski definition) is 1. The summed E-state index contributed by atoms with van der Waals surface area (Å²) in [6.45, 7) is 5.40. The largest absolute Gasteiger partial charge is 0.308 e. The lowest BCUT2D eigenvalue weighted by molar-refractivity contribution is 0.160. The third-order valence-corrected chi connectivity index (χ3v) is 6.61. The SMILES string of the molecule is CCn1c(=O)c2c(C)[nH]nc2c2cc(C#CCN3C4CCCC3CC4)ccc21. The van der Waals surface area contributed by atoms with Crippen LogP contribution in [0.5, 0.6) is 0 Å². The summed E-state index contributed by atoms with van der Waals surface area (Å²) in [5.74, 6) is 6.77. The zero-order valence-corrected chi connectivity index (χ0v) is 16.6. The molecule has 1 N–H and O–H groups in total. The van der Waals surface area contributed by atoms with Crippen molar-refractivity contribution in [3.05, 3.63) is 39.8 Å². The van der Waals surface area contributed by atoms with Crippen LogP contribution in [0.2, 0.25) is 0 Å². The highest BCUT2D eigenvalue weighted by atomic mass is 16.1. The quantitative estimate of drug-likeness (QED) is 0.698. The first-order chi connectivity index (χ1) is 13.7. The molecule has 3 aromatic rings. The van der Waals surface area contributed by atoms with Gasteiger partial charge in [-0.05, 0) is 57.7 Å². The first-order valence-electron chi connectivity index (χ1n) is 10.4. The molecule has 2 aromatic heterocycles. The number of rotatable bonds is 2. The number of H-pyrrole nitrogens is 1. The van der Waals surface area contributed by atoms with E-state index in [1.165, 1.54) is 32.1 Å². The number of aryl methyl sites for hydroxylation is 2. The van der Waals surface area contributed by atoms with Crippen molar-refractivity contribution in [3.8, 4) is 11.8 Å². The molecule has 0 spiro atoms. The van der Waals surface area contributed by atoms with Crippen LogP contribution in [0.3, 0.4) is 0 Å². The molecule has 0 saturated carbocycles. The van der Waals surface area contributed by atoms with Gasteiger partial charge in [-0.2, -0.15) is 5.10 Å². The van der Waals surface area contributed by atoms with Gasteiger partial charge in [0.25, 0.3) is 5.56 Å². The summed E-state index contributed by atoms with van der Waals surface area (Å²) in [6, 6.07) is 7.61. The number of nitrogens with one attached hydrogen (secondary N) is 1. The Hall–Kier alpha value is -2.58. The van der Waals surface area contributed by atoms with Gasteiger partial charge in [0.2, 0.25) is 0 Å². The van der Waals surface area contributed by atoms with Crippen LogP contribution in [0, 0.1) is 18.8 Å². The topological polar surface area (TPSA) is 53.9 Å². The van der Waals surface area contributed by atoms with Gasteiger partial charge in [0.05, 0.1) is 17.4 Å². The average molecular weight is 374 g/mol. The Labute approximate surface area is 164 Å². The number of benzene rings is 1. The van der Waals surface area contributed by atoms with Crippen molar-refractivity contribution < 1.29 is 0 Å². The molecular weight excluding hydrogens is 348 g/mol. The molecule has 0 aliphatic carbocycles. The van der Waals surface area contributed by atoms with Gasteiger partial charge in [-0.3, -0.25) is 14.8 Å². The Morgan fingerprint density at radius 3 is 2.75 bits per heavy atom. The summed E-state index contributed by atoms with van der Waals surface area (Å²) in [5, 5.41) is 9.06. The lowest BCUT2D eigenvalue weighted by Gasteiger charge is -2.32. The second-order valence-electron chi connectivity index (χ2n) is 8.14. The molecule has 5 rings (SSSR count). The molecule has 28 heavy (non-hydrogen) atoms. The number of hydrogen-bond acceptors (Lipinski definition) is 3. The van der Waals surface area contributed by atoms with Crippen molar-refractivity contribution >= 4 is 21.8 Å². The molecular formula is C23H26N4O. The maximum atomic E-state index is 12.8. The maximum Gasteiger partial charge on any atom is 0.262 e. The third kappa shape index (κ3) is 2.67. The van der Waals surface area contributed by atoms with Crippen LogP contribution in [-0.4, -0.2) is 38.3 Å². The highest BCUT2D eigenvalue weighted by Crippen LogP contribution is 2.34. The van der Waals surface area contributed by atoms with E-state index in [1.54, 1.807) is 0 Å². The minimum atomic E-state index is 0.0238. The Bertz CT molecular complexity index is 1160. The van der Waals surface area contributed by atoms with Crippen LogP contribution >= 0.6 is 0 Å². The van der Waals surface area contributed by atoms with E-state index in [1.807, 2.05) is 30.5 Å². The van der Waals surface area contributed by atoms with E-state index < -0.39 is 0 Å². The highest BCUT2D eigenvalue weighted by Gasteiger charge is 2.35. The first kappa shape index (κ1) is 17.5. The van der Waals surface area contributed by atoms with Gasteiger partial charge >= 0.3 is 0 Å². The van der Waals surface area contributed by atoms with Gasteiger partial charge in [0, 0.05) is 35.3 Å². The van der Waals surface area contributed by atoms with Crippen LogP contribution in [0.4, 0.5) is 0 Å². The minimum absolute atomic E-state index is 0.0238. The second-order valence-corrected chi connectivity index (χ2v) is 8.14. The molecule has 2 bridgehead atoms. The third-order valence-electron chi connectivity index (χ3n) is 6.61. The average Bonchev–Trinajstić information content (AvgIpc) is 3.18. The molecule has 0 amide bonds. The normalized spacial score (nSPS) is 21.9. The Kier molecular flexibility index (Phi) is 4.25. The molecule has 2 fully saturated rings. The van der Waals surface area contributed by atoms with Crippen LogP contribution in [0.25, 0.3) is 21.8 Å². The zero-order chi connectivity index (χ0) is 19.3. The fourth-order valence-corrected chi connectivity index (χ4v) is 5.20. The highest BCUT2D eigenvalue weighted by molar-refractivity contribution is 6.04. The van der Waals surface area contributed by atoms with E-state index >= 15 is 0 Å². The summed E-state index contributed by atoms with van der Waals surface area (Å²) in [4.78, 5) is 15.4. The summed E-state index contributed by atoms with van der Waals surface area (Å²) in [6.07, 6.45) is 6.72. The van der Waals surface area contributed by atoms with Crippen molar-refractivity contribution in [1.82, 2.24) is 19.7 Å². The van der Waals surface area contributed by atoms with Gasteiger partial charge in [0.15, 0.2) is 0 Å². The molecule has 1 aromatic carbocycles. The second kappa shape index (κ2) is 6.79. The smallest absolute Gasteiger partial charge is 0.262 e. The maximum absolute atomic E-state index is 12.8. The molecule has 0 radical (unpaired) electrons. The minimum Gasteiger partial charge on any atom is -0.308 e. The number of piperidine rings is 1. The van der Waals surface area contributed by atoms with Gasteiger partial charge in [-0.25, -0.2) is 0 Å². The van der Waals surface area contributed by atoms with Crippen molar-refractivity contribution in [2.45, 2.75) is 64.6 Å². The van der Waals surface area contributed by atoms with E-state index in [0.717, 1.165) is 46.3 Å². The number of fused-ring (bicyclic) bond motifs is 5. The van der Waals surface area contributed by atoms with Crippen molar-refractivity contribution in [2.24, 2.45) is 0 Å². The van der Waals surface area contributed by atoms with E-state index in [9.17, 15) is 4.79 Å². The van der Waals surface area contributed by atoms with E-state index in [-0.39, 0.29) is 5.56 Å². The Morgan fingerprint density at radius 2 is 2.00 bits per heavy atom. The van der Waals surface area contributed by atoms with Crippen LogP contribution in [0.15, 0.2) is 23.0 Å². The standard InChI is InChI=1S/C23H26N4O/c1-3-26-20-12-9-16(6-5-13-27-17-7-4-8-18(27)11-10-17)14-19(20)22-21(23(26)28)15(2)24-25-22/h9,12,14,17-18H,3-4,7-8,10-11,13H2,1-2H3,(H,24,25). The number of pyridine rings is 1. The molecule has 144 valence electrons. The molecule has 2 aliphatic rings. The van der Waals surface area contributed by atoms with E-state index in [4.69, 9.17) is 0 Å². The summed E-state index contributed by atoms with van der Waals surface area (Å²) in [7, 11) is 0. The van der Waals surface area contributed by atoms with Gasteiger partial charge in [-0.1, -0.05) is 18.3 Å². The molecule has 4 heterocycles. The molecule has 2 atom stereocenters. The number of aromatic amines is 1. The fraction of sp³-hybridized carbons (Fsp3) is 0.478. The molecule has 2 unspecified atom stereocenters. The lowest BCUT2D eigenvalue weighted by Crippen LogP contribution is -2.39. The fourth-order valence-electron chi connectivity index (χ4n) is 5.20. The Morgan fingerprint density at radius 1 is 1.21 bits per heavy atom. The van der Waals surface area contributed by atoms with Crippen molar-refractivity contribution in [1.29, 1.82) is 0 Å². The molecule has 2 saturated heterocycles. The van der Waals surface area contributed by atoms with E-state index in [0.29, 0.717) is 11.9 Å². The summed E-state index contributed by atoms with van der Waals surface area (Å²) >= 11 is 0. The Balaban J connectivity index is 1.53. The van der Waals surface area contributed by atoms with Crippen molar-refractivity contribution in [3.63, 3.8) is 0 Å². The van der Waals surface area contributed by atoms with Crippen molar-refractivity contribution in [2.75, 3.05) is 6.54 Å². The van der Waals surface area contributed by atoms with Crippen LogP contribution in [0.1, 0.15) is 50.3 Å². The molecule has 5 heteroatoms. The number of nitrogens with zero attached hydrogens (tertiary/aromatic N) is 3.